The molecule has 0 aliphatic carbocycles. The fourth-order valence-corrected chi connectivity index (χ4v) is 3.76. The first kappa shape index (κ1) is 24.5. The van der Waals surface area contributed by atoms with Gasteiger partial charge in [-0.15, -0.1) is 0 Å². The van der Waals surface area contributed by atoms with E-state index in [0.29, 0.717) is 32.6 Å². The lowest BCUT2D eigenvalue weighted by molar-refractivity contribution is -0.153. The molecule has 1 saturated heterocycles. The minimum Gasteiger partial charge on any atom is -0.508 e. The Morgan fingerprint density at radius 2 is 1.64 bits per heavy atom. The third-order valence-electron chi connectivity index (χ3n) is 5.37. The quantitative estimate of drug-likeness (QED) is 0.623. The van der Waals surface area contributed by atoms with Crippen LogP contribution < -0.4 is 10.2 Å². The Morgan fingerprint density at radius 3 is 2.21 bits per heavy atom. The number of rotatable bonds is 7. The van der Waals surface area contributed by atoms with Gasteiger partial charge in [-0.2, -0.15) is 0 Å². The van der Waals surface area contributed by atoms with E-state index >= 15 is 0 Å². The summed E-state index contributed by atoms with van der Waals surface area (Å²) in [6.07, 6.45) is 0.375. The van der Waals surface area contributed by atoms with Crippen LogP contribution in [0.5, 0.6) is 5.75 Å². The van der Waals surface area contributed by atoms with Crippen molar-refractivity contribution in [2.75, 3.05) is 37.6 Å². The van der Waals surface area contributed by atoms with Crippen LogP contribution in [0.1, 0.15) is 26.3 Å². The number of piperazine rings is 1. The molecule has 1 fully saturated rings. The van der Waals surface area contributed by atoms with E-state index in [9.17, 15) is 19.1 Å². The number of phenolic OH excluding ortho intramolecular Hbond substituents is 1. The largest absolute Gasteiger partial charge is 0.508 e. The molecule has 0 radical (unpaired) electrons. The van der Waals surface area contributed by atoms with Crippen molar-refractivity contribution in [3.05, 3.63) is 59.9 Å². The predicted molar refractivity (Wildman–Crippen MR) is 125 cm³/mol. The van der Waals surface area contributed by atoms with Crippen molar-refractivity contribution in [2.24, 2.45) is 0 Å². The highest BCUT2D eigenvalue weighted by Crippen LogP contribution is 2.18. The molecule has 1 unspecified atom stereocenters. The van der Waals surface area contributed by atoms with Gasteiger partial charge in [0.2, 0.25) is 5.91 Å². The number of carbonyl (C=O) groups is 2. The summed E-state index contributed by atoms with van der Waals surface area (Å²) in [7, 11) is 0. The molecule has 2 aromatic rings. The van der Waals surface area contributed by atoms with Gasteiger partial charge in [0, 0.05) is 31.9 Å². The number of hydrogen-bond donors (Lipinski definition) is 2. The molecule has 1 heterocycles. The lowest BCUT2D eigenvalue weighted by Crippen LogP contribution is -2.55. The average molecular weight is 458 g/mol. The molecule has 0 saturated carbocycles. The van der Waals surface area contributed by atoms with Crippen LogP contribution in [0.25, 0.3) is 0 Å². The van der Waals surface area contributed by atoms with Crippen molar-refractivity contribution in [3.63, 3.8) is 0 Å². The van der Waals surface area contributed by atoms with Crippen molar-refractivity contribution in [1.82, 2.24) is 10.2 Å². The fraction of sp³-hybridized carbons (Fsp3) is 0.440. The van der Waals surface area contributed by atoms with Crippen molar-refractivity contribution >= 4 is 17.6 Å². The Kier molecular flexibility index (Phi) is 7.92. The number of nitrogens with zero attached hydrogens (tertiary/aromatic N) is 2. The Labute approximate surface area is 194 Å². The summed E-state index contributed by atoms with van der Waals surface area (Å²) in [5.74, 6) is -0.640. The fourth-order valence-electron chi connectivity index (χ4n) is 3.76. The highest BCUT2D eigenvalue weighted by atomic mass is 19.1. The Hall–Kier alpha value is -3.13. The maximum atomic E-state index is 13.3. The van der Waals surface area contributed by atoms with Gasteiger partial charge in [-0.1, -0.05) is 12.1 Å². The molecule has 1 aliphatic rings. The molecule has 0 bridgehead atoms. The minimum atomic E-state index is -0.612. The second-order valence-electron chi connectivity index (χ2n) is 9.18. The van der Waals surface area contributed by atoms with Gasteiger partial charge in [-0.3, -0.25) is 14.9 Å². The smallest absolute Gasteiger partial charge is 0.320 e. The highest BCUT2D eigenvalue weighted by Gasteiger charge is 2.29. The molecule has 7 nitrogen and oxygen atoms in total. The third kappa shape index (κ3) is 7.46. The van der Waals surface area contributed by atoms with Crippen molar-refractivity contribution < 1.29 is 23.8 Å². The van der Waals surface area contributed by atoms with Crippen LogP contribution in [0.2, 0.25) is 0 Å². The number of benzene rings is 2. The molecular formula is C25H32FN3O4. The van der Waals surface area contributed by atoms with Gasteiger partial charge in [0.1, 0.15) is 17.2 Å². The van der Waals surface area contributed by atoms with E-state index in [1.807, 2.05) is 0 Å². The molecule has 8 heteroatoms. The summed E-state index contributed by atoms with van der Waals surface area (Å²) in [4.78, 5) is 29.5. The standard InChI is InChI=1S/C25H32FN3O4/c1-25(2,3)33-23(31)17-27-22(16-18-4-10-21(30)11-5-18)24(32)29-14-12-28(13-15-29)20-8-6-19(26)7-9-20/h4-11,22,27,30H,12-17H2,1-3H3. The third-order valence-corrected chi connectivity index (χ3v) is 5.37. The topological polar surface area (TPSA) is 82.1 Å². The number of phenols is 1. The van der Waals surface area contributed by atoms with Crippen LogP contribution in [0, 0.1) is 5.82 Å². The lowest BCUT2D eigenvalue weighted by atomic mass is 10.0. The number of carbonyl (C=O) groups excluding carboxylic acids is 2. The maximum Gasteiger partial charge on any atom is 0.320 e. The molecule has 33 heavy (non-hydrogen) atoms. The summed E-state index contributed by atoms with van der Waals surface area (Å²) in [6, 6.07) is 12.4. The van der Waals surface area contributed by atoms with E-state index in [0.717, 1.165) is 11.3 Å². The first-order valence-corrected chi connectivity index (χ1v) is 11.1. The van der Waals surface area contributed by atoms with E-state index in [1.54, 1.807) is 62.1 Å². The van der Waals surface area contributed by atoms with E-state index in [4.69, 9.17) is 4.74 Å². The van der Waals surface area contributed by atoms with Crippen LogP contribution in [0.15, 0.2) is 48.5 Å². The summed E-state index contributed by atoms with van der Waals surface area (Å²) in [5, 5.41) is 12.6. The Bertz CT molecular complexity index is 934. The Morgan fingerprint density at radius 1 is 1.03 bits per heavy atom. The van der Waals surface area contributed by atoms with E-state index in [1.165, 1.54) is 12.1 Å². The van der Waals surface area contributed by atoms with E-state index < -0.39 is 17.6 Å². The maximum absolute atomic E-state index is 13.3. The van der Waals surface area contributed by atoms with Gasteiger partial charge in [0.15, 0.2) is 0 Å². The molecule has 0 aromatic heterocycles. The highest BCUT2D eigenvalue weighted by molar-refractivity contribution is 5.83. The van der Waals surface area contributed by atoms with Crippen molar-refractivity contribution in [1.29, 1.82) is 0 Å². The normalized spacial score (nSPS) is 15.3. The second kappa shape index (κ2) is 10.7. The summed E-state index contributed by atoms with van der Waals surface area (Å²) >= 11 is 0. The number of nitrogens with one attached hydrogen (secondary N) is 1. The first-order chi connectivity index (χ1) is 15.6. The van der Waals surface area contributed by atoms with Crippen LogP contribution >= 0.6 is 0 Å². The SMILES string of the molecule is CC(C)(C)OC(=O)CNC(Cc1ccc(O)cc1)C(=O)N1CCN(c2ccc(F)cc2)CC1. The van der Waals surface area contributed by atoms with E-state index in [2.05, 4.69) is 10.2 Å². The molecule has 2 N–H and O–H groups in total. The molecule has 178 valence electrons. The number of aromatic hydroxyl groups is 1. The zero-order valence-electron chi connectivity index (χ0n) is 19.4. The number of ether oxygens (including phenoxy) is 1. The van der Waals surface area contributed by atoms with Gasteiger partial charge in [0.25, 0.3) is 0 Å². The van der Waals surface area contributed by atoms with Gasteiger partial charge >= 0.3 is 5.97 Å². The van der Waals surface area contributed by atoms with Gasteiger partial charge in [-0.05, 0) is 69.2 Å². The molecule has 2 aromatic carbocycles. The van der Waals surface area contributed by atoms with Crippen molar-refractivity contribution in [3.8, 4) is 5.75 Å². The van der Waals surface area contributed by atoms with Crippen LogP contribution in [0.4, 0.5) is 10.1 Å². The second-order valence-corrected chi connectivity index (χ2v) is 9.18. The van der Waals surface area contributed by atoms with Crippen molar-refractivity contribution in [2.45, 2.75) is 38.8 Å². The predicted octanol–water partition coefficient (Wildman–Crippen LogP) is 2.72. The molecule has 0 spiro atoms. The number of amides is 1. The average Bonchev–Trinajstić information content (AvgIpc) is 2.77. The molecule has 1 amide bonds. The van der Waals surface area contributed by atoms with E-state index in [-0.39, 0.29) is 24.0 Å². The van der Waals surface area contributed by atoms with Gasteiger partial charge in [0.05, 0.1) is 12.6 Å². The number of anilines is 1. The molecular weight excluding hydrogens is 425 g/mol. The van der Waals surface area contributed by atoms with Crippen LogP contribution in [-0.4, -0.2) is 66.2 Å². The lowest BCUT2D eigenvalue weighted by Gasteiger charge is -2.37. The first-order valence-electron chi connectivity index (χ1n) is 11.1. The molecule has 1 aliphatic heterocycles. The zero-order valence-corrected chi connectivity index (χ0v) is 19.4. The van der Waals surface area contributed by atoms with Crippen LogP contribution in [0.3, 0.4) is 0 Å². The summed E-state index contributed by atoms with van der Waals surface area (Å²) in [6.45, 7) is 7.62. The van der Waals surface area contributed by atoms with Gasteiger partial charge in [-0.25, -0.2) is 4.39 Å². The number of halogens is 1. The van der Waals surface area contributed by atoms with Crippen LogP contribution in [-0.2, 0) is 20.7 Å². The molecule has 1 atom stereocenters. The number of esters is 1. The minimum absolute atomic E-state index is 0.0820. The van der Waals surface area contributed by atoms with Gasteiger partial charge < -0.3 is 19.6 Å². The summed E-state index contributed by atoms with van der Waals surface area (Å²) < 4.78 is 18.6. The molecule has 3 rings (SSSR count). The monoisotopic (exact) mass is 457 g/mol. The Balaban J connectivity index is 1.64. The number of hydrogen-bond acceptors (Lipinski definition) is 6. The summed E-state index contributed by atoms with van der Waals surface area (Å²) in [5.41, 5.74) is 1.19. The zero-order chi connectivity index (χ0) is 24.0.